The van der Waals surface area contributed by atoms with E-state index in [0.29, 0.717) is 11.1 Å². The number of aromatic nitrogens is 2. The van der Waals surface area contributed by atoms with Crippen molar-refractivity contribution in [1.29, 1.82) is 5.26 Å². The summed E-state index contributed by atoms with van der Waals surface area (Å²) < 4.78 is 1.79. The molecule has 0 spiro atoms. The Morgan fingerprint density at radius 3 is 2.76 bits per heavy atom. The van der Waals surface area contributed by atoms with E-state index < -0.39 is 0 Å². The molecular weight excluding hydrogens is 268 g/mol. The Labute approximate surface area is 121 Å². The van der Waals surface area contributed by atoms with E-state index in [4.69, 9.17) is 5.26 Å². The van der Waals surface area contributed by atoms with Crippen molar-refractivity contribution in [3.8, 4) is 6.07 Å². The summed E-state index contributed by atoms with van der Waals surface area (Å²) in [6.45, 7) is 0. The summed E-state index contributed by atoms with van der Waals surface area (Å²) in [5.41, 5.74) is 1.94. The monoisotopic (exact) mass is 284 g/mol. The average Bonchev–Trinajstić information content (AvgIpc) is 2.83. The van der Waals surface area contributed by atoms with Crippen molar-refractivity contribution in [3.05, 3.63) is 34.2 Å². The maximum absolute atomic E-state index is 12.2. The summed E-state index contributed by atoms with van der Waals surface area (Å²) in [7, 11) is 0. The number of nitriles is 1. The van der Waals surface area contributed by atoms with Crippen LogP contribution in [0.4, 0.5) is 0 Å². The van der Waals surface area contributed by atoms with Gasteiger partial charge in [0.1, 0.15) is 0 Å². The number of carbonyl (C=O) groups excluding carboxylic acids is 1. The van der Waals surface area contributed by atoms with Crippen LogP contribution < -0.4 is 11.0 Å². The molecule has 1 aliphatic rings. The first-order valence-corrected chi connectivity index (χ1v) is 7.07. The van der Waals surface area contributed by atoms with E-state index in [-0.39, 0.29) is 17.8 Å². The molecule has 1 amide bonds. The van der Waals surface area contributed by atoms with Gasteiger partial charge in [0.15, 0.2) is 0 Å². The first-order valence-electron chi connectivity index (χ1n) is 7.07. The van der Waals surface area contributed by atoms with E-state index in [1.165, 1.54) is 0 Å². The number of nitrogens with one attached hydrogen (secondary N) is 2. The minimum atomic E-state index is -0.133. The number of aromatic amines is 1. The van der Waals surface area contributed by atoms with Gasteiger partial charge in [-0.05, 0) is 43.9 Å². The van der Waals surface area contributed by atoms with Gasteiger partial charge in [0.2, 0.25) is 6.41 Å². The van der Waals surface area contributed by atoms with E-state index in [1.54, 1.807) is 16.7 Å². The molecule has 2 aromatic rings. The highest BCUT2D eigenvalue weighted by Crippen LogP contribution is 2.29. The fourth-order valence-electron chi connectivity index (χ4n) is 3.16. The molecule has 0 saturated heterocycles. The van der Waals surface area contributed by atoms with Gasteiger partial charge in [-0.1, -0.05) is 0 Å². The maximum atomic E-state index is 12.2. The van der Waals surface area contributed by atoms with Crippen LogP contribution in [0.2, 0.25) is 0 Å². The van der Waals surface area contributed by atoms with E-state index in [9.17, 15) is 9.59 Å². The minimum absolute atomic E-state index is 0.133. The first kappa shape index (κ1) is 13.4. The number of fused-ring (bicyclic) bond motifs is 1. The Morgan fingerprint density at radius 1 is 1.33 bits per heavy atom. The smallest absolute Gasteiger partial charge is 0.326 e. The zero-order valence-electron chi connectivity index (χ0n) is 11.5. The second-order valence-corrected chi connectivity index (χ2v) is 5.43. The lowest BCUT2D eigenvalue weighted by Gasteiger charge is -2.28. The Bertz CT molecular complexity index is 760. The molecular formula is C15H16N4O2. The number of hydrogen-bond donors (Lipinski definition) is 2. The van der Waals surface area contributed by atoms with Crippen LogP contribution in [-0.4, -0.2) is 22.0 Å². The van der Waals surface area contributed by atoms with Crippen LogP contribution in [0.25, 0.3) is 11.0 Å². The standard InChI is InChI=1S/C15H16N4O2/c16-8-10-1-6-14-13(7-10)18-15(21)19(14)12-4-2-11(3-5-12)17-9-20/h1,6-7,9,11-12H,2-5H2,(H,17,20)(H,18,21). The molecule has 0 radical (unpaired) electrons. The quantitative estimate of drug-likeness (QED) is 0.835. The maximum Gasteiger partial charge on any atom is 0.326 e. The zero-order valence-corrected chi connectivity index (χ0v) is 11.5. The number of imidazole rings is 1. The van der Waals surface area contributed by atoms with Crippen molar-refractivity contribution in [2.24, 2.45) is 0 Å². The number of rotatable bonds is 3. The van der Waals surface area contributed by atoms with Gasteiger partial charge in [0.05, 0.1) is 22.7 Å². The van der Waals surface area contributed by atoms with Gasteiger partial charge in [-0.15, -0.1) is 0 Å². The summed E-state index contributed by atoms with van der Waals surface area (Å²) in [6, 6.07) is 7.68. The van der Waals surface area contributed by atoms with Crippen molar-refractivity contribution in [1.82, 2.24) is 14.9 Å². The van der Waals surface area contributed by atoms with Gasteiger partial charge < -0.3 is 10.3 Å². The molecule has 0 unspecified atom stereocenters. The normalized spacial score (nSPS) is 21.9. The molecule has 1 heterocycles. The number of carbonyl (C=O) groups is 1. The highest BCUT2D eigenvalue weighted by molar-refractivity contribution is 5.77. The van der Waals surface area contributed by atoms with E-state index >= 15 is 0 Å². The van der Waals surface area contributed by atoms with E-state index in [2.05, 4.69) is 16.4 Å². The SMILES string of the molecule is N#Cc1ccc2c(c1)[nH]c(=O)n2C1CCC(NC=O)CC1. The summed E-state index contributed by atoms with van der Waals surface area (Å²) in [6.07, 6.45) is 4.21. The first-order chi connectivity index (χ1) is 10.2. The van der Waals surface area contributed by atoms with E-state index in [1.807, 2.05) is 6.07 Å². The van der Waals surface area contributed by atoms with Crippen molar-refractivity contribution in [2.75, 3.05) is 0 Å². The molecule has 0 aliphatic heterocycles. The minimum Gasteiger partial charge on any atom is -0.356 e. The fourth-order valence-corrected chi connectivity index (χ4v) is 3.16. The topological polar surface area (TPSA) is 90.7 Å². The summed E-state index contributed by atoms with van der Waals surface area (Å²) in [4.78, 5) is 25.5. The van der Waals surface area contributed by atoms with Gasteiger partial charge in [-0.25, -0.2) is 4.79 Å². The molecule has 108 valence electrons. The average molecular weight is 284 g/mol. The Hall–Kier alpha value is -2.55. The summed E-state index contributed by atoms with van der Waals surface area (Å²) in [5.74, 6) is 0. The van der Waals surface area contributed by atoms with Crippen molar-refractivity contribution in [2.45, 2.75) is 37.8 Å². The molecule has 1 saturated carbocycles. The predicted octanol–water partition coefficient (Wildman–Crippen LogP) is 1.43. The number of hydrogen-bond acceptors (Lipinski definition) is 3. The Kier molecular flexibility index (Phi) is 3.48. The molecule has 0 atom stereocenters. The number of nitrogens with zero attached hydrogens (tertiary/aromatic N) is 2. The van der Waals surface area contributed by atoms with Crippen LogP contribution in [0.1, 0.15) is 37.3 Å². The van der Waals surface area contributed by atoms with Crippen LogP contribution in [0.3, 0.4) is 0 Å². The number of benzene rings is 1. The lowest BCUT2D eigenvalue weighted by atomic mass is 9.91. The van der Waals surface area contributed by atoms with Gasteiger partial charge in [0, 0.05) is 12.1 Å². The van der Waals surface area contributed by atoms with Gasteiger partial charge >= 0.3 is 5.69 Å². The molecule has 21 heavy (non-hydrogen) atoms. The van der Waals surface area contributed by atoms with Crippen LogP contribution >= 0.6 is 0 Å². The molecule has 6 heteroatoms. The molecule has 1 fully saturated rings. The molecule has 3 rings (SSSR count). The molecule has 1 aliphatic carbocycles. The van der Waals surface area contributed by atoms with Crippen LogP contribution in [-0.2, 0) is 4.79 Å². The summed E-state index contributed by atoms with van der Waals surface area (Å²) >= 11 is 0. The molecule has 0 bridgehead atoms. The van der Waals surface area contributed by atoms with Crippen molar-refractivity contribution >= 4 is 17.4 Å². The van der Waals surface area contributed by atoms with Gasteiger partial charge in [-0.2, -0.15) is 5.26 Å². The highest BCUT2D eigenvalue weighted by atomic mass is 16.1. The second kappa shape index (κ2) is 5.44. The van der Waals surface area contributed by atoms with Crippen molar-refractivity contribution in [3.63, 3.8) is 0 Å². The number of amides is 1. The van der Waals surface area contributed by atoms with E-state index in [0.717, 1.165) is 37.6 Å². The third kappa shape index (κ3) is 2.42. The number of H-pyrrole nitrogens is 1. The zero-order chi connectivity index (χ0) is 14.8. The second-order valence-electron chi connectivity index (χ2n) is 5.43. The molecule has 1 aromatic heterocycles. The lowest BCUT2D eigenvalue weighted by Crippen LogP contribution is -2.34. The Balaban J connectivity index is 1.91. The molecule has 2 N–H and O–H groups in total. The van der Waals surface area contributed by atoms with Crippen molar-refractivity contribution < 1.29 is 4.79 Å². The predicted molar refractivity (Wildman–Crippen MR) is 77.8 cm³/mol. The molecule has 6 nitrogen and oxygen atoms in total. The van der Waals surface area contributed by atoms with Gasteiger partial charge in [-0.3, -0.25) is 9.36 Å². The summed E-state index contributed by atoms with van der Waals surface area (Å²) in [5, 5.41) is 11.7. The lowest BCUT2D eigenvalue weighted by molar-refractivity contribution is -0.110. The largest absolute Gasteiger partial charge is 0.356 e. The highest BCUT2D eigenvalue weighted by Gasteiger charge is 2.24. The molecule has 1 aromatic carbocycles. The van der Waals surface area contributed by atoms with Gasteiger partial charge in [0.25, 0.3) is 0 Å². The fraction of sp³-hybridized carbons (Fsp3) is 0.400. The van der Waals surface area contributed by atoms with Crippen LogP contribution in [0.15, 0.2) is 23.0 Å². The van der Waals surface area contributed by atoms with Crippen LogP contribution in [0.5, 0.6) is 0 Å². The third-order valence-electron chi connectivity index (χ3n) is 4.21. The third-order valence-corrected chi connectivity index (χ3v) is 4.21. The Morgan fingerprint density at radius 2 is 2.10 bits per heavy atom. The van der Waals surface area contributed by atoms with Crippen LogP contribution in [0, 0.1) is 11.3 Å².